The number of hydrogen-bond donors (Lipinski definition) is 1. The molecule has 0 bridgehead atoms. The molecule has 0 aliphatic heterocycles. The maximum absolute atomic E-state index is 4.35. The van der Waals surface area contributed by atoms with Gasteiger partial charge in [0.25, 0.3) is 5.95 Å². The lowest BCUT2D eigenvalue weighted by atomic mass is 10.7. The molecule has 3 aromatic heterocycles. The first-order chi connectivity index (χ1) is 10.3. The predicted molar refractivity (Wildman–Crippen MR) is 74.0 cm³/mol. The van der Waals surface area contributed by atoms with Crippen LogP contribution in [-0.4, -0.2) is 51.0 Å². The van der Waals surface area contributed by atoms with E-state index in [-0.39, 0.29) is 0 Å². The zero-order valence-electron chi connectivity index (χ0n) is 11.4. The molecule has 108 valence electrons. The molecule has 3 rings (SSSR count). The first-order valence-corrected chi connectivity index (χ1v) is 6.94. The molecule has 21 heavy (non-hydrogen) atoms. The minimum atomic E-state index is 0.392. The molecule has 10 nitrogen and oxygen atoms in total. The van der Waals surface area contributed by atoms with Gasteiger partial charge in [0, 0.05) is 13.6 Å². The predicted octanol–water partition coefficient (Wildman–Crippen LogP) is 0.164. The summed E-state index contributed by atoms with van der Waals surface area (Å²) in [5, 5.41) is 16.1. The molecule has 0 saturated carbocycles. The third-order valence-corrected chi connectivity index (χ3v) is 3.33. The molecular formula is C10H12N10S. The monoisotopic (exact) mass is 304 g/mol. The van der Waals surface area contributed by atoms with E-state index in [1.165, 1.54) is 29.1 Å². The number of nitrogens with zero attached hydrogens (tertiary/aromatic N) is 9. The third-order valence-electron chi connectivity index (χ3n) is 2.41. The van der Waals surface area contributed by atoms with Crippen LogP contribution in [0.1, 0.15) is 6.92 Å². The van der Waals surface area contributed by atoms with Crippen LogP contribution in [-0.2, 0) is 7.05 Å². The molecule has 0 unspecified atom stereocenters. The lowest BCUT2D eigenvalue weighted by Gasteiger charge is -2.06. The average Bonchev–Trinajstić information content (AvgIpc) is 3.12. The summed E-state index contributed by atoms with van der Waals surface area (Å²) in [5.41, 5.74) is 0. The molecule has 0 aliphatic carbocycles. The molecule has 3 aromatic rings. The number of aromatic nitrogens is 9. The summed E-state index contributed by atoms with van der Waals surface area (Å²) in [6.45, 7) is 2.67. The van der Waals surface area contributed by atoms with E-state index in [1.54, 1.807) is 10.9 Å². The Morgan fingerprint density at radius 3 is 2.81 bits per heavy atom. The van der Waals surface area contributed by atoms with Gasteiger partial charge in [-0.15, -0.1) is 10.2 Å². The second-order valence-corrected chi connectivity index (χ2v) is 4.87. The number of rotatable bonds is 5. The summed E-state index contributed by atoms with van der Waals surface area (Å²) < 4.78 is 3.26. The van der Waals surface area contributed by atoms with Crippen molar-refractivity contribution in [3.63, 3.8) is 0 Å². The maximum Gasteiger partial charge on any atom is 0.257 e. The fourth-order valence-electron chi connectivity index (χ4n) is 1.49. The summed E-state index contributed by atoms with van der Waals surface area (Å²) in [6.07, 6.45) is 4.57. The molecule has 0 atom stereocenters. The molecule has 0 amide bonds. The number of nitrogens with one attached hydrogen (secondary N) is 1. The summed E-state index contributed by atoms with van der Waals surface area (Å²) in [4.78, 5) is 16.9. The minimum Gasteiger partial charge on any atom is -0.354 e. The number of hydrogen-bond acceptors (Lipinski definition) is 9. The first kappa shape index (κ1) is 13.4. The Labute approximate surface area is 124 Å². The van der Waals surface area contributed by atoms with Crippen molar-refractivity contribution in [2.45, 2.75) is 17.2 Å². The van der Waals surface area contributed by atoms with Crippen LogP contribution in [0.5, 0.6) is 0 Å². The Hall–Kier alpha value is -2.56. The van der Waals surface area contributed by atoms with Crippen molar-refractivity contribution >= 4 is 17.7 Å². The van der Waals surface area contributed by atoms with Gasteiger partial charge in [0.1, 0.15) is 19.0 Å². The Balaban J connectivity index is 1.97. The van der Waals surface area contributed by atoms with Gasteiger partial charge in [-0.2, -0.15) is 24.7 Å². The van der Waals surface area contributed by atoms with Gasteiger partial charge in [0.15, 0.2) is 5.16 Å². The van der Waals surface area contributed by atoms with Crippen LogP contribution in [0.4, 0.5) is 5.95 Å². The molecule has 0 radical (unpaired) electrons. The molecule has 0 spiro atoms. The van der Waals surface area contributed by atoms with Crippen molar-refractivity contribution in [1.29, 1.82) is 0 Å². The van der Waals surface area contributed by atoms with Crippen molar-refractivity contribution in [2.75, 3.05) is 11.9 Å². The van der Waals surface area contributed by atoms with Crippen LogP contribution in [0, 0.1) is 0 Å². The van der Waals surface area contributed by atoms with Gasteiger partial charge < -0.3 is 9.88 Å². The van der Waals surface area contributed by atoms with Crippen molar-refractivity contribution in [1.82, 2.24) is 44.5 Å². The normalized spacial score (nSPS) is 10.8. The summed E-state index contributed by atoms with van der Waals surface area (Å²) in [5.74, 6) is 0.866. The number of anilines is 1. The first-order valence-electron chi connectivity index (χ1n) is 6.13. The summed E-state index contributed by atoms with van der Waals surface area (Å²) in [7, 11) is 1.85. The van der Waals surface area contributed by atoms with E-state index in [0.717, 1.165) is 0 Å². The Morgan fingerprint density at radius 2 is 2.14 bits per heavy atom. The van der Waals surface area contributed by atoms with Crippen LogP contribution in [0.25, 0.3) is 5.95 Å². The SMILES string of the molecule is CCNc1nc(Sc2nncn2C)nc(-n2cncn2)n1. The molecule has 0 saturated heterocycles. The van der Waals surface area contributed by atoms with Crippen molar-refractivity contribution in [2.24, 2.45) is 7.05 Å². The molecule has 1 N–H and O–H groups in total. The molecular weight excluding hydrogens is 292 g/mol. The molecule has 11 heteroatoms. The smallest absolute Gasteiger partial charge is 0.257 e. The lowest BCUT2D eigenvalue weighted by Crippen LogP contribution is -2.10. The van der Waals surface area contributed by atoms with Crippen LogP contribution >= 0.6 is 11.8 Å². The van der Waals surface area contributed by atoms with Gasteiger partial charge in [0.05, 0.1) is 0 Å². The van der Waals surface area contributed by atoms with Crippen LogP contribution in [0.2, 0.25) is 0 Å². The van der Waals surface area contributed by atoms with Crippen LogP contribution in [0.3, 0.4) is 0 Å². The second kappa shape index (κ2) is 5.83. The second-order valence-electron chi connectivity index (χ2n) is 3.94. The van der Waals surface area contributed by atoms with Crippen molar-refractivity contribution in [3.8, 4) is 5.95 Å². The summed E-state index contributed by atoms with van der Waals surface area (Å²) in [6, 6.07) is 0. The topological polar surface area (TPSA) is 112 Å². The van der Waals surface area contributed by atoms with Gasteiger partial charge in [-0.25, -0.2) is 4.98 Å². The van der Waals surface area contributed by atoms with E-state index in [0.29, 0.717) is 28.8 Å². The Kier molecular flexibility index (Phi) is 3.73. The van der Waals surface area contributed by atoms with Gasteiger partial charge >= 0.3 is 0 Å². The highest BCUT2D eigenvalue weighted by Crippen LogP contribution is 2.22. The maximum atomic E-state index is 4.35. The van der Waals surface area contributed by atoms with Crippen molar-refractivity contribution < 1.29 is 0 Å². The van der Waals surface area contributed by atoms with E-state index in [9.17, 15) is 0 Å². The summed E-state index contributed by atoms with van der Waals surface area (Å²) >= 11 is 1.30. The Morgan fingerprint density at radius 1 is 1.24 bits per heavy atom. The van der Waals surface area contributed by atoms with Gasteiger partial charge in [0.2, 0.25) is 11.1 Å². The van der Waals surface area contributed by atoms with Crippen molar-refractivity contribution in [3.05, 3.63) is 19.0 Å². The lowest BCUT2D eigenvalue weighted by molar-refractivity contribution is 0.750. The van der Waals surface area contributed by atoms with Gasteiger partial charge in [-0.3, -0.25) is 0 Å². The third kappa shape index (κ3) is 2.97. The van der Waals surface area contributed by atoms with E-state index in [2.05, 4.69) is 40.5 Å². The van der Waals surface area contributed by atoms with E-state index in [1.807, 2.05) is 14.0 Å². The molecule has 0 aliphatic rings. The van der Waals surface area contributed by atoms with Gasteiger partial charge in [-0.1, -0.05) is 0 Å². The molecule has 0 aromatic carbocycles. The fraction of sp³-hybridized carbons (Fsp3) is 0.300. The van der Waals surface area contributed by atoms with E-state index >= 15 is 0 Å². The molecule has 0 fully saturated rings. The van der Waals surface area contributed by atoms with E-state index < -0.39 is 0 Å². The van der Waals surface area contributed by atoms with Crippen LogP contribution < -0.4 is 5.32 Å². The fourth-order valence-corrected chi connectivity index (χ4v) is 2.19. The Bertz CT molecular complexity index is 721. The number of aryl methyl sites for hydroxylation is 1. The molecule has 3 heterocycles. The highest BCUT2D eigenvalue weighted by molar-refractivity contribution is 7.99. The minimum absolute atomic E-state index is 0.392. The quantitative estimate of drug-likeness (QED) is 0.704. The zero-order valence-corrected chi connectivity index (χ0v) is 12.2. The zero-order chi connectivity index (χ0) is 14.7. The standard InChI is InChI=1S/C10H12N10S/c1-3-12-7-15-8(20-5-11-4-14-20)17-9(16-7)21-10-18-13-6-19(10)2/h4-6H,3H2,1-2H3,(H,12,15,16,17). The largest absolute Gasteiger partial charge is 0.354 e. The average molecular weight is 304 g/mol. The highest BCUT2D eigenvalue weighted by Gasteiger charge is 2.12. The highest BCUT2D eigenvalue weighted by atomic mass is 32.2. The van der Waals surface area contributed by atoms with Crippen LogP contribution in [0.15, 0.2) is 29.3 Å². The van der Waals surface area contributed by atoms with Gasteiger partial charge in [-0.05, 0) is 18.7 Å². The van der Waals surface area contributed by atoms with E-state index in [4.69, 9.17) is 0 Å².